The van der Waals surface area contributed by atoms with Crippen LogP contribution in [0.15, 0.2) is 0 Å². The third-order valence-corrected chi connectivity index (χ3v) is 6.71. The lowest BCUT2D eigenvalue weighted by Gasteiger charge is -2.33. The molecule has 0 rings (SSSR count). The Morgan fingerprint density at radius 3 is 1.33 bits per heavy atom. The van der Waals surface area contributed by atoms with Crippen molar-refractivity contribution in [3.05, 3.63) is 0 Å². The summed E-state index contributed by atoms with van der Waals surface area (Å²) in [5, 5.41) is 0. The predicted octanol–water partition coefficient (Wildman–Crippen LogP) is 5.34. The summed E-state index contributed by atoms with van der Waals surface area (Å²) in [5.74, 6) is 2.54. The highest BCUT2D eigenvalue weighted by Crippen LogP contribution is 2.30. The maximum atomic E-state index is 11.9. The molecule has 0 amide bonds. The summed E-state index contributed by atoms with van der Waals surface area (Å²) in [6.45, 7) is 8.29. The van der Waals surface area contributed by atoms with E-state index in [0.29, 0.717) is 24.3 Å². The summed E-state index contributed by atoms with van der Waals surface area (Å²) in [4.78, 5) is 23.8. The normalized spacial score (nSPS) is 12.1. The molecule has 0 unspecified atom stereocenters. The highest BCUT2D eigenvalue weighted by Gasteiger charge is 2.32. The van der Waals surface area contributed by atoms with Gasteiger partial charge in [0.15, 0.2) is 0 Å². The third-order valence-electron chi connectivity index (χ3n) is 5.27. The molecule has 0 spiro atoms. The summed E-state index contributed by atoms with van der Waals surface area (Å²) in [5.41, 5.74) is -0.753. The van der Waals surface area contributed by atoms with Crippen molar-refractivity contribution in [3.63, 3.8) is 0 Å². The molecule has 0 bridgehead atoms. The quantitative estimate of drug-likeness (QED) is 0.193. The zero-order valence-electron chi connectivity index (χ0n) is 17.4. The number of hydrogen-bond acceptors (Lipinski definition) is 7. The van der Waals surface area contributed by atoms with Crippen LogP contribution >= 0.6 is 37.0 Å². The van der Waals surface area contributed by atoms with Crippen LogP contribution < -0.4 is 0 Å². The Morgan fingerprint density at radius 2 is 1.07 bits per heavy atom. The molecule has 0 aromatic rings. The van der Waals surface area contributed by atoms with Gasteiger partial charge in [0.05, 0.1) is 12.8 Å². The van der Waals surface area contributed by atoms with E-state index in [9.17, 15) is 9.59 Å². The third kappa shape index (κ3) is 10.4. The van der Waals surface area contributed by atoms with Gasteiger partial charge in [-0.15, -0.1) is 0 Å². The highest BCUT2D eigenvalue weighted by atomic mass is 32.2. The second-order valence-electron chi connectivity index (χ2n) is 6.79. The number of ether oxygens (including phenoxy) is 2. The maximum absolute atomic E-state index is 11.9. The minimum absolute atomic E-state index is 0.161. The molecule has 27 heavy (non-hydrogen) atoms. The SMILES string of the molecule is CCC(CC)(CCSCCC(CC)(CC)OC(=O)CCS)OC(=O)CCS. The monoisotopic (exact) mass is 438 g/mol. The zero-order valence-corrected chi connectivity index (χ0v) is 20.0. The highest BCUT2D eigenvalue weighted by molar-refractivity contribution is 7.99. The second-order valence-corrected chi connectivity index (χ2v) is 8.91. The molecular formula is C20H38O4S3. The largest absolute Gasteiger partial charge is 0.459 e. The van der Waals surface area contributed by atoms with E-state index in [0.717, 1.165) is 50.0 Å². The van der Waals surface area contributed by atoms with Crippen molar-refractivity contribution >= 4 is 49.0 Å². The van der Waals surface area contributed by atoms with Gasteiger partial charge in [-0.3, -0.25) is 9.59 Å². The molecule has 7 heteroatoms. The molecule has 0 N–H and O–H groups in total. The Morgan fingerprint density at radius 1 is 0.741 bits per heavy atom. The first-order valence-electron chi connectivity index (χ1n) is 10.1. The first kappa shape index (κ1) is 27.0. The number of thioether (sulfide) groups is 1. The van der Waals surface area contributed by atoms with Gasteiger partial charge in [-0.1, -0.05) is 27.7 Å². The van der Waals surface area contributed by atoms with Crippen molar-refractivity contribution < 1.29 is 19.1 Å². The number of hydrogen-bond donors (Lipinski definition) is 2. The van der Waals surface area contributed by atoms with Gasteiger partial charge >= 0.3 is 11.9 Å². The van der Waals surface area contributed by atoms with Crippen molar-refractivity contribution in [3.8, 4) is 0 Å². The van der Waals surface area contributed by atoms with E-state index in [4.69, 9.17) is 9.47 Å². The molecule has 0 saturated heterocycles. The van der Waals surface area contributed by atoms with Crippen molar-refractivity contribution in [2.75, 3.05) is 23.0 Å². The van der Waals surface area contributed by atoms with E-state index in [-0.39, 0.29) is 23.1 Å². The molecule has 0 radical (unpaired) electrons. The van der Waals surface area contributed by atoms with Gasteiger partial charge in [-0.25, -0.2) is 0 Å². The summed E-state index contributed by atoms with van der Waals surface area (Å²) in [6.07, 6.45) is 5.65. The molecule has 160 valence electrons. The molecule has 4 nitrogen and oxygen atoms in total. The van der Waals surface area contributed by atoms with Crippen molar-refractivity contribution in [1.82, 2.24) is 0 Å². The zero-order chi connectivity index (χ0) is 20.8. The van der Waals surface area contributed by atoms with E-state index in [1.165, 1.54) is 0 Å². The fourth-order valence-electron chi connectivity index (χ4n) is 2.98. The van der Waals surface area contributed by atoms with Gasteiger partial charge < -0.3 is 9.47 Å². The van der Waals surface area contributed by atoms with Crippen LogP contribution in [0.25, 0.3) is 0 Å². The number of rotatable bonds is 16. The van der Waals surface area contributed by atoms with Gasteiger partial charge in [-0.2, -0.15) is 37.0 Å². The van der Waals surface area contributed by atoms with Crippen LogP contribution in [0.3, 0.4) is 0 Å². The van der Waals surface area contributed by atoms with Crippen LogP contribution in [-0.4, -0.2) is 46.2 Å². The fourth-order valence-corrected chi connectivity index (χ4v) is 4.59. The Bertz CT molecular complexity index is 383. The van der Waals surface area contributed by atoms with Crippen molar-refractivity contribution in [2.24, 2.45) is 0 Å². The Hall–Kier alpha value is -0.0100. The minimum atomic E-state index is -0.376. The summed E-state index contributed by atoms with van der Waals surface area (Å²) >= 11 is 10.0. The van der Waals surface area contributed by atoms with E-state index in [1.807, 2.05) is 11.8 Å². The lowest BCUT2D eigenvalue weighted by atomic mass is 9.94. The van der Waals surface area contributed by atoms with Gasteiger partial charge in [0.1, 0.15) is 11.2 Å². The van der Waals surface area contributed by atoms with Crippen LogP contribution in [0.1, 0.15) is 79.1 Å². The summed E-state index contributed by atoms with van der Waals surface area (Å²) in [7, 11) is 0. The summed E-state index contributed by atoms with van der Waals surface area (Å²) in [6, 6.07) is 0. The average Bonchev–Trinajstić information content (AvgIpc) is 2.66. The van der Waals surface area contributed by atoms with Gasteiger partial charge in [0.25, 0.3) is 0 Å². The van der Waals surface area contributed by atoms with Crippen molar-refractivity contribution in [2.45, 2.75) is 90.3 Å². The topological polar surface area (TPSA) is 52.6 Å². The molecule has 0 aliphatic rings. The number of carbonyl (C=O) groups is 2. The lowest BCUT2D eigenvalue weighted by molar-refractivity contribution is -0.161. The van der Waals surface area contributed by atoms with Crippen LogP contribution in [0, 0.1) is 0 Å². The van der Waals surface area contributed by atoms with E-state index >= 15 is 0 Å². The molecule has 0 aliphatic carbocycles. The second kappa shape index (κ2) is 14.9. The number of thiol groups is 2. The van der Waals surface area contributed by atoms with E-state index < -0.39 is 0 Å². The Kier molecular flexibility index (Phi) is 14.9. The molecule has 0 saturated carbocycles. The standard InChI is InChI=1S/C20H38O4S3/c1-5-19(6-2,23-17(21)9-13-25)11-15-27-16-12-20(7-3,8-4)24-18(22)10-14-26/h25-26H,5-16H2,1-4H3. The van der Waals surface area contributed by atoms with Crippen LogP contribution in [-0.2, 0) is 19.1 Å². The fraction of sp³-hybridized carbons (Fsp3) is 0.900. The Balaban J connectivity index is 4.52. The summed E-state index contributed by atoms with van der Waals surface area (Å²) < 4.78 is 11.5. The molecule has 0 atom stereocenters. The molecule has 0 aromatic carbocycles. The Labute approximate surface area is 181 Å². The molecule has 0 aliphatic heterocycles. The van der Waals surface area contributed by atoms with Gasteiger partial charge in [0, 0.05) is 11.5 Å². The van der Waals surface area contributed by atoms with Crippen LogP contribution in [0.5, 0.6) is 0 Å². The molecule has 0 aromatic heterocycles. The average molecular weight is 439 g/mol. The molecule has 0 heterocycles. The smallest absolute Gasteiger partial charge is 0.307 e. The number of esters is 2. The lowest BCUT2D eigenvalue weighted by Crippen LogP contribution is -2.35. The van der Waals surface area contributed by atoms with Gasteiger partial charge in [0.2, 0.25) is 0 Å². The first-order chi connectivity index (χ1) is 12.9. The molecular weight excluding hydrogens is 400 g/mol. The number of carbonyl (C=O) groups excluding carboxylic acids is 2. The van der Waals surface area contributed by atoms with Gasteiger partial charge in [-0.05, 0) is 50.0 Å². The minimum Gasteiger partial charge on any atom is -0.459 e. The van der Waals surface area contributed by atoms with Crippen LogP contribution in [0.4, 0.5) is 0 Å². The van der Waals surface area contributed by atoms with E-state index in [2.05, 4.69) is 53.0 Å². The maximum Gasteiger partial charge on any atom is 0.307 e. The first-order valence-corrected chi connectivity index (χ1v) is 12.5. The van der Waals surface area contributed by atoms with Crippen molar-refractivity contribution in [1.29, 1.82) is 0 Å². The van der Waals surface area contributed by atoms with E-state index in [1.54, 1.807) is 0 Å². The predicted molar refractivity (Wildman–Crippen MR) is 122 cm³/mol. The van der Waals surface area contributed by atoms with Crippen LogP contribution in [0.2, 0.25) is 0 Å². The molecule has 0 fully saturated rings.